The minimum Gasteiger partial charge on any atom is -0.482 e. The predicted octanol–water partition coefficient (Wildman–Crippen LogP) is 3.35. The summed E-state index contributed by atoms with van der Waals surface area (Å²) in [6.45, 7) is 8.55. The molecular formula is C23H28ClN3O4. The second kappa shape index (κ2) is 11.0. The molecule has 0 bridgehead atoms. The molecule has 2 aromatic rings. The van der Waals surface area contributed by atoms with Gasteiger partial charge in [0.1, 0.15) is 5.75 Å². The molecule has 1 fully saturated rings. The molecule has 1 heterocycles. The van der Waals surface area contributed by atoms with Crippen LogP contribution in [-0.2, 0) is 14.3 Å². The molecule has 1 saturated heterocycles. The molecule has 166 valence electrons. The average Bonchev–Trinajstić information content (AvgIpc) is 2.79. The Kier molecular flexibility index (Phi) is 8.14. The van der Waals surface area contributed by atoms with Crippen molar-refractivity contribution in [2.24, 2.45) is 0 Å². The van der Waals surface area contributed by atoms with Crippen LogP contribution >= 0.6 is 11.6 Å². The number of hydrogen-bond acceptors (Lipinski definition) is 6. The molecule has 31 heavy (non-hydrogen) atoms. The van der Waals surface area contributed by atoms with Crippen molar-refractivity contribution in [2.75, 3.05) is 56.2 Å². The Balaban J connectivity index is 1.39. The lowest BCUT2D eigenvalue weighted by molar-refractivity contribution is -0.149. The zero-order chi connectivity index (χ0) is 22.2. The van der Waals surface area contributed by atoms with Crippen LogP contribution in [0.4, 0.5) is 11.4 Å². The number of carbonyl (C=O) groups is 2. The number of likely N-dealkylation sites (N-methyl/N-ethyl adjacent to an activating group) is 1. The number of rotatable bonds is 8. The van der Waals surface area contributed by atoms with Gasteiger partial charge in [-0.05, 0) is 61.5 Å². The van der Waals surface area contributed by atoms with Crippen molar-refractivity contribution in [1.29, 1.82) is 0 Å². The molecule has 1 amide bonds. The van der Waals surface area contributed by atoms with Crippen molar-refractivity contribution in [1.82, 2.24) is 4.90 Å². The van der Waals surface area contributed by atoms with Gasteiger partial charge in [0.25, 0.3) is 5.91 Å². The second-order valence-corrected chi connectivity index (χ2v) is 7.78. The number of anilines is 2. The van der Waals surface area contributed by atoms with Gasteiger partial charge < -0.3 is 24.6 Å². The Morgan fingerprint density at radius 3 is 2.39 bits per heavy atom. The molecule has 1 aliphatic heterocycles. The SMILES string of the molecule is CCN1CCN(c2ccc(NC(=O)COC(=O)COc3ccc(Cl)c(C)c3)cc2)CC1. The fourth-order valence-electron chi connectivity index (χ4n) is 3.31. The highest BCUT2D eigenvalue weighted by Gasteiger charge is 2.16. The van der Waals surface area contributed by atoms with E-state index in [1.165, 1.54) is 0 Å². The number of nitrogens with zero attached hydrogens (tertiary/aromatic N) is 2. The number of piperazine rings is 1. The summed E-state index contributed by atoms with van der Waals surface area (Å²) >= 11 is 5.96. The maximum absolute atomic E-state index is 12.1. The van der Waals surface area contributed by atoms with Crippen molar-refractivity contribution in [3.05, 3.63) is 53.1 Å². The summed E-state index contributed by atoms with van der Waals surface area (Å²) in [5.74, 6) is -0.510. The van der Waals surface area contributed by atoms with Crippen LogP contribution in [0.2, 0.25) is 5.02 Å². The molecule has 0 spiro atoms. The summed E-state index contributed by atoms with van der Waals surface area (Å²) in [7, 11) is 0. The van der Waals surface area contributed by atoms with Crippen molar-refractivity contribution in [3.8, 4) is 5.75 Å². The van der Waals surface area contributed by atoms with Crippen LogP contribution in [-0.4, -0.2) is 62.7 Å². The number of esters is 1. The number of amides is 1. The van der Waals surface area contributed by atoms with Gasteiger partial charge in [-0.15, -0.1) is 0 Å². The van der Waals surface area contributed by atoms with Crippen LogP contribution < -0.4 is 15.0 Å². The van der Waals surface area contributed by atoms with Gasteiger partial charge in [0.2, 0.25) is 0 Å². The molecule has 0 aromatic heterocycles. The van der Waals surface area contributed by atoms with Gasteiger partial charge in [-0.25, -0.2) is 4.79 Å². The van der Waals surface area contributed by atoms with E-state index in [9.17, 15) is 9.59 Å². The van der Waals surface area contributed by atoms with Crippen LogP contribution in [0.25, 0.3) is 0 Å². The van der Waals surface area contributed by atoms with Gasteiger partial charge in [0.15, 0.2) is 13.2 Å². The summed E-state index contributed by atoms with van der Waals surface area (Å²) in [6, 6.07) is 12.8. The van der Waals surface area contributed by atoms with E-state index in [0.29, 0.717) is 16.5 Å². The summed E-state index contributed by atoms with van der Waals surface area (Å²) in [4.78, 5) is 28.7. The Labute approximate surface area is 187 Å². The molecule has 0 unspecified atom stereocenters. The fourth-order valence-corrected chi connectivity index (χ4v) is 3.43. The summed E-state index contributed by atoms with van der Waals surface area (Å²) in [5.41, 5.74) is 2.64. The van der Waals surface area contributed by atoms with Crippen molar-refractivity contribution < 1.29 is 19.1 Å². The van der Waals surface area contributed by atoms with Crippen LogP contribution in [0.5, 0.6) is 5.75 Å². The highest BCUT2D eigenvalue weighted by molar-refractivity contribution is 6.31. The van der Waals surface area contributed by atoms with E-state index in [1.54, 1.807) is 18.2 Å². The van der Waals surface area contributed by atoms with Crippen LogP contribution in [0.1, 0.15) is 12.5 Å². The van der Waals surface area contributed by atoms with Crippen molar-refractivity contribution in [2.45, 2.75) is 13.8 Å². The number of nitrogens with one attached hydrogen (secondary N) is 1. The molecule has 0 saturated carbocycles. The van der Waals surface area contributed by atoms with E-state index >= 15 is 0 Å². The first kappa shape index (κ1) is 22.9. The quantitative estimate of drug-likeness (QED) is 0.628. The van der Waals surface area contributed by atoms with Crippen LogP contribution in [0.15, 0.2) is 42.5 Å². The number of hydrogen-bond donors (Lipinski definition) is 1. The van der Waals surface area contributed by atoms with Crippen LogP contribution in [0, 0.1) is 6.92 Å². The summed E-state index contributed by atoms with van der Waals surface area (Å²) in [5, 5.41) is 3.36. The highest BCUT2D eigenvalue weighted by atomic mass is 35.5. The molecule has 0 radical (unpaired) electrons. The van der Waals surface area contributed by atoms with E-state index in [1.807, 2.05) is 31.2 Å². The number of ether oxygens (including phenoxy) is 2. The molecule has 8 heteroatoms. The Hall–Kier alpha value is -2.77. The topological polar surface area (TPSA) is 71.1 Å². The molecule has 0 atom stereocenters. The Morgan fingerprint density at radius 1 is 1.03 bits per heavy atom. The first-order chi connectivity index (χ1) is 14.9. The Bertz CT molecular complexity index is 896. The second-order valence-electron chi connectivity index (χ2n) is 7.38. The Morgan fingerprint density at radius 2 is 1.74 bits per heavy atom. The molecule has 1 aliphatic rings. The minimum atomic E-state index is -0.621. The molecule has 3 rings (SSSR count). The third-order valence-corrected chi connectivity index (χ3v) is 5.61. The molecule has 7 nitrogen and oxygen atoms in total. The molecule has 2 aromatic carbocycles. The first-order valence-electron chi connectivity index (χ1n) is 10.4. The van der Waals surface area contributed by atoms with E-state index in [-0.39, 0.29) is 13.2 Å². The minimum absolute atomic E-state index is 0.283. The molecular weight excluding hydrogens is 418 g/mol. The largest absolute Gasteiger partial charge is 0.482 e. The third-order valence-electron chi connectivity index (χ3n) is 5.19. The van der Waals surface area contributed by atoms with E-state index in [2.05, 4.69) is 22.0 Å². The summed E-state index contributed by atoms with van der Waals surface area (Å²) in [6.07, 6.45) is 0. The number of carbonyl (C=O) groups excluding carboxylic acids is 2. The van der Waals surface area contributed by atoms with Gasteiger partial charge in [-0.1, -0.05) is 18.5 Å². The zero-order valence-electron chi connectivity index (χ0n) is 17.9. The van der Waals surface area contributed by atoms with Crippen LogP contribution in [0.3, 0.4) is 0 Å². The number of halogens is 1. The van der Waals surface area contributed by atoms with Crippen molar-refractivity contribution >= 4 is 34.9 Å². The van der Waals surface area contributed by atoms with Gasteiger partial charge in [-0.3, -0.25) is 4.79 Å². The predicted molar refractivity (Wildman–Crippen MR) is 122 cm³/mol. The van der Waals surface area contributed by atoms with E-state index < -0.39 is 11.9 Å². The first-order valence-corrected chi connectivity index (χ1v) is 10.7. The van der Waals surface area contributed by atoms with E-state index in [0.717, 1.165) is 44.0 Å². The monoisotopic (exact) mass is 445 g/mol. The van der Waals surface area contributed by atoms with Gasteiger partial charge in [0, 0.05) is 42.6 Å². The smallest absolute Gasteiger partial charge is 0.344 e. The molecule has 1 N–H and O–H groups in total. The lowest BCUT2D eigenvalue weighted by atomic mass is 10.2. The maximum atomic E-state index is 12.1. The average molecular weight is 446 g/mol. The van der Waals surface area contributed by atoms with Gasteiger partial charge in [-0.2, -0.15) is 0 Å². The van der Waals surface area contributed by atoms with Gasteiger partial charge in [0.05, 0.1) is 0 Å². The fraction of sp³-hybridized carbons (Fsp3) is 0.391. The van der Waals surface area contributed by atoms with Crippen molar-refractivity contribution in [3.63, 3.8) is 0 Å². The third kappa shape index (κ3) is 6.87. The normalized spacial score (nSPS) is 14.2. The maximum Gasteiger partial charge on any atom is 0.344 e. The molecule has 0 aliphatic carbocycles. The highest BCUT2D eigenvalue weighted by Crippen LogP contribution is 2.21. The lowest BCUT2D eigenvalue weighted by Crippen LogP contribution is -2.46. The lowest BCUT2D eigenvalue weighted by Gasteiger charge is -2.35. The van der Waals surface area contributed by atoms with E-state index in [4.69, 9.17) is 21.1 Å². The number of aryl methyl sites for hydroxylation is 1. The number of benzene rings is 2. The summed E-state index contributed by atoms with van der Waals surface area (Å²) < 4.78 is 10.3. The zero-order valence-corrected chi connectivity index (χ0v) is 18.7. The van der Waals surface area contributed by atoms with Gasteiger partial charge >= 0.3 is 5.97 Å². The standard InChI is InChI=1S/C23H28ClN3O4/c1-3-26-10-12-27(13-11-26)19-6-4-18(5-7-19)25-22(28)15-31-23(29)16-30-20-8-9-21(24)17(2)14-20/h4-9,14H,3,10-13,15-16H2,1-2H3,(H,25,28).